The largest absolute Gasteiger partial charge is 0.472 e. The van der Waals surface area contributed by atoms with Crippen LogP contribution in [-0.4, -0.2) is 39.9 Å². The van der Waals surface area contributed by atoms with Crippen molar-refractivity contribution in [2.45, 2.75) is 19.8 Å². The second-order valence-electron chi connectivity index (χ2n) is 6.72. The fraction of sp³-hybridized carbons (Fsp3) is 0.368. The van der Waals surface area contributed by atoms with Crippen molar-refractivity contribution in [1.82, 2.24) is 19.6 Å². The van der Waals surface area contributed by atoms with Crippen LogP contribution < -0.4 is 5.32 Å². The Kier molecular flexibility index (Phi) is 4.17. The highest BCUT2D eigenvalue weighted by atomic mass is 16.3. The lowest BCUT2D eigenvalue weighted by Gasteiger charge is -2.39. The molecule has 6 nitrogen and oxygen atoms in total. The molecule has 3 aromatic rings. The van der Waals surface area contributed by atoms with E-state index in [0.717, 1.165) is 43.0 Å². The highest BCUT2D eigenvalue weighted by Gasteiger charge is 2.30. The third-order valence-corrected chi connectivity index (χ3v) is 4.75. The number of aryl methyl sites for hydroxylation is 1. The van der Waals surface area contributed by atoms with Gasteiger partial charge in [0, 0.05) is 37.9 Å². The molecule has 25 heavy (non-hydrogen) atoms. The third kappa shape index (κ3) is 3.38. The van der Waals surface area contributed by atoms with Gasteiger partial charge in [-0.3, -0.25) is 0 Å². The van der Waals surface area contributed by atoms with Gasteiger partial charge in [0.05, 0.1) is 18.2 Å². The Labute approximate surface area is 146 Å². The number of nitrogens with one attached hydrogen (secondary N) is 1. The Morgan fingerprint density at radius 2 is 2.24 bits per heavy atom. The van der Waals surface area contributed by atoms with Crippen LogP contribution >= 0.6 is 0 Å². The van der Waals surface area contributed by atoms with Crippen molar-refractivity contribution >= 4 is 11.7 Å². The predicted octanol–water partition coefficient (Wildman–Crippen LogP) is 2.66. The van der Waals surface area contributed by atoms with E-state index < -0.39 is 0 Å². The molecule has 4 rings (SSSR count). The minimum atomic E-state index is 0.0170. The first-order valence-corrected chi connectivity index (χ1v) is 8.66. The van der Waals surface area contributed by atoms with E-state index in [1.165, 1.54) is 5.56 Å². The molecular formula is C19H22N4O2. The van der Waals surface area contributed by atoms with Gasteiger partial charge in [0.2, 0.25) is 0 Å². The van der Waals surface area contributed by atoms with Gasteiger partial charge in [0.15, 0.2) is 0 Å². The number of likely N-dealkylation sites (tertiary alicyclic amines) is 1. The molecule has 0 unspecified atom stereocenters. The molecule has 4 heterocycles. The van der Waals surface area contributed by atoms with Crippen LogP contribution in [0.4, 0.5) is 4.79 Å². The van der Waals surface area contributed by atoms with Crippen molar-refractivity contribution in [2.75, 3.05) is 19.6 Å². The predicted molar refractivity (Wildman–Crippen MR) is 94.5 cm³/mol. The lowest BCUT2D eigenvalue weighted by molar-refractivity contribution is 0.121. The number of furan rings is 1. The summed E-state index contributed by atoms with van der Waals surface area (Å²) >= 11 is 0. The summed E-state index contributed by atoms with van der Waals surface area (Å²) < 4.78 is 7.16. The number of carbonyl (C=O) groups is 1. The summed E-state index contributed by atoms with van der Waals surface area (Å²) in [5.74, 6) is 0.532. The summed E-state index contributed by atoms with van der Waals surface area (Å²) in [7, 11) is 0. The molecule has 3 aromatic heterocycles. The normalized spacial score (nSPS) is 14.7. The summed E-state index contributed by atoms with van der Waals surface area (Å²) in [5.41, 5.74) is 4.30. The first-order valence-electron chi connectivity index (χ1n) is 8.66. The summed E-state index contributed by atoms with van der Waals surface area (Å²) in [6, 6.07) is 8.06. The van der Waals surface area contributed by atoms with Gasteiger partial charge in [-0.25, -0.2) is 9.78 Å². The van der Waals surface area contributed by atoms with Crippen LogP contribution in [0.3, 0.4) is 0 Å². The monoisotopic (exact) mass is 338 g/mol. The molecule has 1 aliphatic rings. The zero-order valence-electron chi connectivity index (χ0n) is 14.3. The zero-order chi connectivity index (χ0) is 17.2. The molecule has 0 saturated carbocycles. The molecule has 0 radical (unpaired) electrons. The standard InChI is InChI=1S/C19H22N4O2/c1-14-3-2-4-18-21-17(12-23(14)18)5-7-20-19(24)22-10-16(11-22)9-15-6-8-25-13-15/h2-4,6,8,12-13,16H,5,7,9-11H2,1H3,(H,20,24). The van der Waals surface area contributed by atoms with Gasteiger partial charge in [0.25, 0.3) is 0 Å². The number of hydrogen-bond acceptors (Lipinski definition) is 3. The highest BCUT2D eigenvalue weighted by molar-refractivity contribution is 5.75. The Balaban J connectivity index is 1.22. The Hall–Kier alpha value is -2.76. The molecule has 0 aromatic carbocycles. The van der Waals surface area contributed by atoms with Gasteiger partial charge in [-0.1, -0.05) is 6.07 Å². The lowest BCUT2D eigenvalue weighted by atomic mass is 9.94. The van der Waals surface area contributed by atoms with Gasteiger partial charge in [-0.15, -0.1) is 0 Å². The quantitative estimate of drug-likeness (QED) is 0.778. The number of aromatic nitrogens is 2. The fourth-order valence-electron chi connectivity index (χ4n) is 3.34. The smallest absolute Gasteiger partial charge is 0.317 e. The maximum Gasteiger partial charge on any atom is 0.317 e. The van der Waals surface area contributed by atoms with E-state index in [9.17, 15) is 4.79 Å². The van der Waals surface area contributed by atoms with Gasteiger partial charge in [0.1, 0.15) is 5.65 Å². The molecular weight excluding hydrogens is 316 g/mol. The molecule has 1 N–H and O–H groups in total. The van der Waals surface area contributed by atoms with Crippen LogP contribution in [0.2, 0.25) is 0 Å². The van der Waals surface area contributed by atoms with Crippen molar-refractivity contribution in [3.05, 3.63) is 59.9 Å². The highest BCUT2D eigenvalue weighted by Crippen LogP contribution is 2.20. The second kappa shape index (κ2) is 6.63. The third-order valence-electron chi connectivity index (χ3n) is 4.75. The topological polar surface area (TPSA) is 62.8 Å². The van der Waals surface area contributed by atoms with Crippen molar-refractivity contribution in [1.29, 1.82) is 0 Å². The van der Waals surface area contributed by atoms with Crippen molar-refractivity contribution in [2.24, 2.45) is 5.92 Å². The number of amides is 2. The molecule has 0 spiro atoms. The van der Waals surface area contributed by atoms with Crippen LogP contribution in [0.5, 0.6) is 0 Å². The molecule has 130 valence electrons. The minimum Gasteiger partial charge on any atom is -0.472 e. The minimum absolute atomic E-state index is 0.0170. The Bertz CT molecular complexity index is 863. The maximum absolute atomic E-state index is 12.2. The van der Waals surface area contributed by atoms with E-state index in [1.54, 1.807) is 12.5 Å². The van der Waals surface area contributed by atoms with Crippen molar-refractivity contribution in [3.63, 3.8) is 0 Å². The fourth-order valence-corrected chi connectivity index (χ4v) is 3.34. The number of fused-ring (bicyclic) bond motifs is 1. The lowest BCUT2D eigenvalue weighted by Crippen LogP contribution is -2.54. The number of hydrogen-bond donors (Lipinski definition) is 1. The van der Waals surface area contributed by atoms with Crippen molar-refractivity contribution in [3.8, 4) is 0 Å². The Morgan fingerprint density at radius 1 is 1.36 bits per heavy atom. The number of nitrogens with zero attached hydrogens (tertiary/aromatic N) is 3. The molecule has 1 fully saturated rings. The van der Waals surface area contributed by atoms with E-state index in [4.69, 9.17) is 4.42 Å². The van der Waals surface area contributed by atoms with E-state index in [1.807, 2.05) is 29.3 Å². The number of imidazole rings is 1. The molecule has 0 aliphatic carbocycles. The van der Waals surface area contributed by atoms with Gasteiger partial charge < -0.3 is 19.0 Å². The first-order chi connectivity index (χ1) is 12.2. The number of carbonyl (C=O) groups excluding carboxylic acids is 1. The number of rotatable bonds is 5. The second-order valence-corrected chi connectivity index (χ2v) is 6.72. The first kappa shape index (κ1) is 15.7. The van der Waals surface area contributed by atoms with Crippen LogP contribution in [0, 0.1) is 12.8 Å². The zero-order valence-corrected chi connectivity index (χ0v) is 14.3. The summed E-state index contributed by atoms with van der Waals surface area (Å²) in [4.78, 5) is 18.6. The van der Waals surface area contributed by atoms with Crippen molar-refractivity contribution < 1.29 is 9.21 Å². The average molecular weight is 338 g/mol. The molecule has 2 amide bonds. The average Bonchev–Trinajstić information content (AvgIpc) is 3.20. The molecule has 0 bridgehead atoms. The molecule has 6 heteroatoms. The maximum atomic E-state index is 12.2. The van der Waals surface area contributed by atoms with E-state index >= 15 is 0 Å². The number of pyridine rings is 1. The molecule has 0 atom stereocenters. The van der Waals surface area contributed by atoms with Crippen LogP contribution in [0.1, 0.15) is 17.0 Å². The van der Waals surface area contributed by atoms with Gasteiger partial charge in [-0.2, -0.15) is 0 Å². The molecule has 1 saturated heterocycles. The summed E-state index contributed by atoms with van der Waals surface area (Å²) in [5, 5.41) is 2.99. The Morgan fingerprint density at radius 3 is 3.00 bits per heavy atom. The van der Waals surface area contributed by atoms with E-state index in [-0.39, 0.29) is 6.03 Å². The SMILES string of the molecule is Cc1cccc2nc(CCNC(=O)N3CC(Cc4ccoc4)C3)cn12. The summed E-state index contributed by atoms with van der Waals surface area (Å²) in [6.07, 6.45) is 7.22. The van der Waals surface area contributed by atoms with Gasteiger partial charge in [-0.05, 0) is 43.0 Å². The van der Waals surface area contributed by atoms with Crippen LogP contribution in [0.25, 0.3) is 5.65 Å². The van der Waals surface area contributed by atoms with E-state index in [2.05, 4.69) is 27.7 Å². The van der Waals surface area contributed by atoms with Gasteiger partial charge >= 0.3 is 6.03 Å². The molecule has 1 aliphatic heterocycles. The van der Waals surface area contributed by atoms with E-state index in [0.29, 0.717) is 12.5 Å². The summed E-state index contributed by atoms with van der Waals surface area (Å²) in [6.45, 7) is 4.28. The van der Waals surface area contributed by atoms with Crippen LogP contribution in [0.15, 0.2) is 47.4 Å². The van der Waals surface area contributed by atoms with Crippen LogP contribution in [-0.2, 0) is 12.8 Å². The number of urea groups is 1.